The number of nitrogens with zero attached hydrogens (tertiary/aromatic N) is 3. The number of aromatic nitrogens is 2. The standard InChI is InChI=1S/C22H16N4O/c1-15-16(14-23)12-19-20(27)13-21(25-17-8-4-2-5-9-17)26(22(19)24-15)18-10-6-3-7-11-18/h2-13,25H,1H3. The SMILES string of the molecule is Cc1nc2c(cc1C#N)c(=O)cc(Nc1ccccc1)n2-c1ccccc1. The molecule has 2 aromatic carbocycles. The Kier molecular flexibility index (Phi) is 4.15. The highest BCUT2D eigenvalue weighted by Gasteiger charge is 2.14. The highest BCUT2D eigenvalue weighted by atomic mass is 16.1. The van der Waals surface area contributed by atoms with Crippen molar-refractivity contribution in [2.24, 2.45) is 0 Å². The number of aryl methyl sites for hydroxylation is 1. The molecule has 2 aromatic heterocycles. The van der Waals surface area contributed by atoms with Crippen molar-refractivity contribution in [1.82, 2.24) is 9.55 Å². The summed E-state index contributed by atoms with van der Waals surface area (Å²) in [6, 6.07) is 24.6. The highest BCUT2D eigenvalue weighted by molar-refractivity contribution is 5.82. The lowest BCUT2D eigenvalue weighted by molar-refractivity contribution is 1.05. The van der Waals surface area contributed by atoms with Gasteiger partial charge >= 0.3 is 0 Å². The summed E-state index contributed by atoms with van der Waals surface area (Å²) in [4.78, 5) is 17.3. The number of hydrogen-bond donors (Lipinski definition) is 1. The molecule has 0 aliphatic heterocycles. The molecule has 0 bridgehead atoms. The molecule has 0 saturated carbocycles. The van der Waals surface area contributed by atoms with Gasteiger partial charge in [-0.15, -0.1) is 0 Å². The van der Waals surface area contributed by atoms with Gasteiger partial charge in [0.05, 0.1) is 16.6 Å². The van der Waals surface area contributed by atoms with Crippen LogP contribution in [0.25, 0.3) is 16.7 Å². The maximum absolute atomic E-state index is 12.7. The summed E-state index contributed by atoms with van der Waals surface area (Å²) in [5.74, 6) is 0.613. The summed E-state index contributed by atoms with van der Waals surface area (Å²) >= 11 is 0. The maximum atomic E-state index is 12.7. The van der Waals surface area contributed by atoms with E-state index in [1.54, 1.807) is 19.1 Å². The Morgan fingerprint density at radius 3 is 2.33 bits per heavy atom. The second-order valence-electron chi connectivity index (χ2n) is 6.16. The third-order valence-electron chi connectivity index (χ3n) is 4.36. The Bertz CT molecular complexity index is 1220. The first-order valence-corrected chi connectivity index (χ1v) is 8.52. The normalized spacial score (nSPS) is 10.5. The number of para-hydroxylation sites is 2. The molecule has 0 fully saturated rings. The molecule has 1 N–H and O–H groups in total. The van der Waals surface area contributed by atoms with Crippen LogP contribution in [-0.4, -0.2) is 9.55 Å². The van der Waals surface area contributed by atoms with E-state index in [1.165, 1.54) is 0 Å². The van der Waals surface area contributed by atoms with Crippen LogP contribution in [0, 0.1) is 18.3 Å². The van der Waals surface area contributed by atoms with Gasteiger partial charge in [-0.3, -0.25) is 9.36 Å². The van der Waals surface area contributed by atoms with E-state index in [0.717, 1.165) is 11.4 Å². The molecule has 4 aromatic rings. The lowest BCUT2D eigenvalue weighted by Crippen LogP contribution is -2.14. The molecular weight excluding hydrogens is 336 g/mol. The number of rotatable bonds is 3. The zero-order chi connectivity index (χ0) is 18.8. The fourth-order valence-corrected chi connectivity index (χ4v) is 3.04. The van der Waals surface area contributed by atoms with E-state index in [4.69, 9.17) is 0 Å². The quantitative estimate of drug-likeness (QED) is 0.596. The zero-order valence-electron chi connectivity index (χ0n) is 14.7. The number of nitriles is 1. The van der Waals surface area contributed by atoms with E-state index in [-0.39, 0.29) is 5.43 Å². The second kappa shape index (κ2) is 6.77. The molecule has 2 heterocycles. The van der Waals surface area contributed by atoms with Gasteiger partial charge in [0.2, 0.25) is 0 Å². The molecule has 130 valence electrons. The van der Waals surface area contributed by atoms with Crippen molar-refractivity contribution in [1.29, 1.82) is 5.26 Å². The lowest BCUT2D eigenvalue weighted by Gasteiger charge is -2.18. The van der Waals surface area contributed by atoms with Gasteiger partial charge in [0.1, 0.15) is 17.5 Å². The van der Waals surface area contributed by atoms with Crippen molar-refractivity contribution < 1.29 is 0 Å². The van der Waals surface area contributed by atoms with Gasteiger partial charge in [0.15, 0.2) is 5.43 Å². The first-order chi connectivity index (χ1) is 13.2. The second-order valence-corrected chi connectivity index (χ2v) is 6.16. The summed E-state index contributed by atoms with van der Waals surface area (Å²) in [5, 5.41) is 13.0. The van der Waals surface area contributed by atoms with Crippen molar-refractivity contribution in [2.45, 2.75) is 6.92 Å². The van der Waals surface area contributed by atoms with Gasteiger partial charge in [0.25, 0.3) is 0 Å². The summed E-state index contributed by atoms with van der Waals surface area (Å²) in [5.41, 5.74) is 3.07. The number of fused-ring (bicyclic) bond motifs is 1. The van der Waals surface area contributed by atoms with Crippen molar-refractivity contribution in [3.8, 4) is 11.8 Å². The predicted octanol–water partition coefficient (Wildman–Crippen LogP) is 4.31. The van der Waals surface area contributed by atoms with E-state index >= 15 is 0 Å². The largest absolute Gasteiger partial charge is 0.341 e. The van der Waals surface area contributed by atoms with E-state index in [0.29, 0.717) is 28.1 Å². The van der Waals surface area contributed by atoms with Gasteiger partial charge < -0.3 is 5.32 Å². The average Bonchev–Trinajstić information content (AvgIpc) is 2.69. The molecule has 0 aliphatic carbocycles. The van der Waals surface area contributed by atoms with Crippen LogP contribution < -0.4 is 10.7 Å². The lowest BCUT2D eigenvalue weighted by atomic mass is 10.1. The number of benzene rings is 2. The van der Waals surface area contributed by atoms with Gasteiger partial charge in [-0.25, -0.2) is 4.98 Å². The van der Waals surface area contributed by atoms with Crippen molar-refractivity contribution >= 4 is 22.5 Å². The van der Waals surface area contributed by atoms with E-state index in [2.05, 4.69) is 16.4 Å². The van der Waals surface area contributed by atoms with E-state index < -0.39 is 0 Å². The first-order valence-electron chi connectivity index (χ1n) is 8.52. The van der Waals surface area contributed by atoms with Crippen LogP contribution in [0.5, 0.6) is 0 Å². The molecule has 4 rings (SSSR count). The number of anilines is 2. The average molecular weight is 352 g/mol. The molecule has 5 nitrogen and oxygen atoms in total. The van der Waals surface area contributed by atoms with Crippen LogP contribution >= 0.6 is 0 Å². The van der Waals surface area contributed by atoms with Crippen LogP contribution in [0.2, 0.25) is 0 Å². The molecule has 5 heteroatoms. The van der Waals surface area contributed by atoms with Crippen molar-refractivity contribution in [3.63, 3.8) is 0 Å². The highest BCUT2D eigenvalue weighted by Crippen LogP contribution is 2.25. The smallest absolute Gasteiger partial charge is 0.193 e. The van der Waals surface area contributed by atoms with Crippen LogP contribution in [0.15, 0.2) is 77.6 Å². The predicted molar refractivity (Wildman–Crippen MR) is 107 cm³/mol. The summed E-state index contributed by atoms with van der Waals surface area (Å²) in [6.07, 6.45) is 0. The first kappa shape index (κ1) is 16.6. The Labute approximate surface area is 156 Å². The van der Waals surface area contributed by atoms with E-state index in [9.17, 15) is 10.1 Å². The summed E-state index contributed by atoms with van der Waals surface area (Å²) < 4.78 is 1.90. The fraction of sp³-hybridized carbons (Fsp3) is 0.0455. The Hall–Kier alpha value is -3.91. The van der Waals surface area contributed by atoms with Crippen LogP contribution in [0.1, 0.15) is 11.3 Å². The zero-order valence-corrected chi connectivity index (χ0v) is 14.7. The molecule has 27 heavy (non-hydrogen) atoms. The van der Waals surface area contributed by atoms with Gasteiger partial charge in [-0.2, -0.15) is 5.26 Å². The molecule has 0 unspecified atom stereocenters. The number of hydrogen-bond acceptors (Lipinski definition) is 4. The van der Waals surface area contributed by atoms with Gasteiger partial charge in [0, 0.05) is 17.4 Å². The van der Waals surface area contributed by atoms with Crippen LogP contribution in [0.4, 0.5) is 11.5 Å². The number of nitrogens with one attached hydrogen (secondary N) is 1. The van der Waals surface area contributed by atoms with Gasteiger partial charge in [-0.1, -0.05) is 36.4 Å². The Morgan fingerprint density at radius 1 is 1.00 bits per heavy atom. The van der Waals surface area contributed by atoms with Crippen molar-refractivity contribution in [3.05, 3.63) is 94.3 Å². The van der Waals surface area contributed by atoms with E-state index in [1.807, 2.05) is 65.2 Å². The Balaban J connectivity index is 2.05. The minimum atomic E-state index is -0.181. The molecular formula is C22H16N4O. The van der Waals surface area contributed by atoms with Crippen LogP contribution in [0.3, 0.4) is 0 Å². The molecule has 0 saturated heterocycles. The topological polar surface area (TPSA) is 70.7 Å². The third kappa shape index (κ3) is 3.05. The molecule has 0 spiro atoms. The van der Waals surface area contributed by atoms with Gasteiger partial charge in [-0.05, 0) is 37.3 Å². The monoisotopic (exact) mass is 352 g/mol. The van der Waals surface area contributed by atoms with Crippen LogP contribution in [-0.2, 0) is 0 Å². The Morgan fingerprint density at radius 2 is 1.67 bits per heavy atom. The molecule has 0 aliphatic rings. The number of pyridine rings is 2. The minimum Gasteiger partial charge on any atom is -0.341 e. The third-order valence-corrected chi connectivity index (χ3v) is 4.36. The minimum absolute atomic E-state index is 0.181. The fourth-order valence-electron chi connectivity index (χ4n) is 3.04. The molecule has 0 atom stereocenters. The van der Waals surface area contributed by atoms with Crippen molar-refractivity contribution in [2.75, 3.05) is 5.32 Å². The molecule has 0 amide bonds. The summed E-state index contributed by atoms with van der Waals surface area (Å²) in [7, 11) is 0. The molecule has 0 radical (unpaired) electrons. The summed E-state index contributed by atoms with van der Waals surface area (Å²) in [6.45, 7) is 1.77. The maximum Gasteiger partial charge on any atom is 0.193 e.